The zero-order valence-corrected chi connectivity index (χ0v) is 13.0. The number of anilines is 1. The second-order valence-corrected chi connectivity index (χ2v) is 5.21. The van der Waals surface area contributed by atoms with Crippen LogP contribution in [0.15, 0.2) is 30.3 Å². The molecule has 2 rings (SSSR count). The lowest BCUT2D eigenvalue weighted by atomic mass is 10.0. The van der Waals surface area contributed by atoms with Gasteiger partial charge in [-0.25, -0.2) is 5.01 Å². The molecular formula is C16H24N2O4. The van der Waals surface area contributed by atoms with Gasteiger partial charge in [0.2, 0.25) is 0 Å². The summed E-state index contributed by atoms with van der Waals surface area (Å²) in [4.78, 5) is 23.8. The maximum absolute atomic E-state index is 12.1. The van der Waals surface area contributed by atoms with Crippen molar-refractivity contribution in [2.75, 3.05) is 11.6 Å². The minimum atomic E-state index is -0.560. The summed E-state index contributed by atoms with van der Waals surface area (Å²) in [5.74, 6) is -0.850. The SMILES string of the molecule is CC(O)CO.CCCCC1C(=O)NN(c2ccccc2)C1=O. The van der Waals surface area contributed by atoms with Crippen molar-refractivity contribution in [2.45, 2.75) is 39.2 Å². The van der Waals surface area contributed by atoms with Crippen LogP contribution in [0.4, 0.5) is 5.69 Å². The van der Waals surface area contributed by atoms with Crippen molar-refractivity contribution in [3.63, 3.8) is 0 Å². The Hall–Kier alpha value is -1.92. The van der Waals surface area contributed by atoms with E-state index in [0.717, 1.165) is 12.8 Å². The number of nitrogens with one attached hydrogen (secondary N) is 1. The summed E-state index contributed by atoms with van der Waals surface area (Å²) >= 11 is 0. The summed E-state index contributed by atoms with van der Waals surface area (Å²) in [5, 5.41) is 17.4. The van der Waals surface area contributed by atoms with Crippen LogP contribution in [0, 0.1) is 5.92 Å². The number of rotatable bonds is 5. The van der Waals surface area contributed by atoms with Crippen molar-refractivity contribution in [3.8, 4) is 0 Å². The Balaban J connectivity index is 0.000000422. The molecular weight excluding hydrogens is 284 g/mol. The van der Waals surface area contributed by atoms with Crippen LogP contribution in [0.25, 0.3) is 0 Å². The largest absolute Gasteiger partial charge is 0.394 e. The van der Waals surface area contributed by atoms with Crippen LogP contribution < -0.4 is 10.4 Å². The third-order valence-corrected chi connectivity index (χ3v) is 3.18. The van der Waals surface area contributed by atoms with E-state index in [4.69, 9.17) is 10.2 Å². The van der Waals surface area contributed by atoms with Gasteiger partial charge in [0, 0.05) is 0 Å². The van der Waals surface area contributed by atoms with Crippen molar-refractivity contribution in [2.24, 2.45) is 5.92 Å². The Morgan fingerprint density at radius 3 is 2.36 bits per heavy atom. The average Bonchev–Trinajstić information content (AvgIpc) is 2.81. The molecule has 1 aromatic rings. The number of unbranched alkanes of at least 4 members (excludes halogenated alkanes) is 1. The van der Waals surface area contributed by atoms with Gasteiger partial charge in [0.25, 0.3) is 11.8 Å². The minimum absolute atomic E-state index is 0.139. The first kappa shape index (κ1) is 18.1. The Kier molecular flexibility index (Phi) is 7.56. The Bertz CT molecular complexity index is 476. The number of carbonyl (C=O) groups excluding carboxylic acids is 2. The summed E-state index contributed by atoms with van der Waals surface area (Å²) in [5.41, 5.74) is 3.34. The van der Waals surface area contributed by atoms with E-state index in [1.165, 1.54) is 11.9 Å². The molecule has 0 bridgehead atoms. The van der Waals surface area contributed by atoms with E-state index >= 15 is 0 Å². The molecule has 1 aliphatic rings. The van der Waals surface area contributed by atoms with Gasteiger partial charge in [-0.3, -0.25) is 15.0 Å². The van der Waals surface area contributed by atoms with E-state index in [2.05, 4.69) is 5.43 Å². The number of amides is 2. The standard InChI is InChI=1S/C13H16N2O2.C3H8O2/c1-2-3-9-11-12(16)14-15(13(11)17)10-7-5-4-6-8-10;1-3(5)2-4/h4-8,11H,2-3,9H2,1H3,(H,14,16);3-5H,2H2,1H3. The highest BCUT2D eigenvalue weighted by Gasteiger charge is 2.39. The molecule has 1 aromatic carbocycles. The quantitative estimate of drug-likeness (QED) is 0.714. The highest BCUT2D eigenvalue weighted by Crippen LogP contribution is 2.22. The highest BCUT2D eigenvalue weighted by atomic mass is 16.3. The normalized spacial score (nSPS) is 18.5. The van der Waals surface area contributed by atoms with E-state index in [9.17, 15) is 9.59 Å². The van der Waals surface area contributed by atoms with Crippen LogP contribution >= 0.6 is 0 Å². The van der Waals surface area contributed by atoms with E-state index in [1.807, 2.05) is 25.1 Å². The number of hydrazine groups is 1. The van der Waals surface area contributed by atoms with Crippen LogP contribution in [0.2, 0.25) is 0 Å². The lowest BCUT2D eigenvalue weighted by molar-refractivity contribution is -0.127. The molecule has 0 aliphatic carbocycles. The molecule has 3 N–H and O–H groups in total. The van der Waals surface area contributed by atoms with Crippen molar-refractivity contribution in [3.05, 3.63) is 30.3 Å². The van der Waals surface area contributed by atoms with Crippen LogP contribution in [0.3, 0.4) is 0 Å². The highest BCUT2D eigenvalue weighted by molar-refractivity contribution is 6.14. The van der Waals surface area contributed by atoms with Crippen LogP contribution in [-0.4, -0.2) is 34.7 Å². The van der Waals surface area contributed by atoms with Gasteiger partial charge in [-0.2, -0.15) is 0 Å². The van der Waals surface area contributed by atoms with Gasteiger partial charge in [0.05, 0.1) is 18.4 Å². The molecule has 0 spiro atoms. The molecule has 1 saturated heterocycles. The number of aliphatic hydroxyl groups is 2. The zero-order valence-electron chi connectivity index (χ0n) is 13.0. The summed E-state index contributed by atoms with van der Waals surface area (Å²) in [6, 6.07) is 9.17. The molecule has 6 nitrogen and oxygen atoms in total. The number of aliphatic hydroxyl groups excluding tert-OH is 2. The maximum atomic E-state index is 12.1. The van der Waals surface area contributed by atoms with Crippen molar-refractivity contribution < 1.29 is 19.8 Å². The molecule has 1 heterocycles. The number of hydrogen-bond acceptors (Lipinski definition) is 4. The first-order chi connectivity index (χ1) is 10.5. The molecule has 2 unspecified atom stereocenters. The smallest absolute Gasteiger partial charge is 0.258 e. The molecule has 1 fully saturated rings. The van der Waals surface area contributed by atoms with E-state index in [-0.39, 0.29) is 18.4 Å². The second kappa shape index (κ2) is 9.17. The Labute approximate surface area is 130 Å². The molecule has 1 aliphatic heterocycles. The van der Waals surface area contributed by atoms with E-state index in [1.54, 1.807) is 12.1 Å². The van der Waals surface area contributed by atoms with Gasteiger partial charge < -0.3 is 10.2 Å². The summed E-state index contributed by atoms with van der Waals surface area (Å²) in [7, 11) is 0. The third kappa shape index (κ3) is 5.13. The zero-order chi connectivity index (χ0) is 16.5. The topological polar surface area (TPSA) is 89.9 Å². The summed E-state index contributed by atoms with van der Waals surface area (Å²) < 4.78 is 0. The fraction of sp³-hybridized carbons (Fsp3) is 0.500. The van der Waals surface area contributed by atoms with Gasteiger partial charge in [-0.15, -0.1) is 0 Å². The Morgan fingerprint density at radius 2 is 1.86 bits per heavy atom. The Morgan fingerprint density at radius 1 is 1.27 bits per heavy atom. The molecule has 6 heteroatoms. The number of hydrogen-bond donors (Lipinski definition) is 3. The average molecular weight is 308 g/mol. The monoisotopic (exact) mass is 308 g/mol. The van der Waals surface area contributed by atoms with Crippen LogP contribution in [-0.2, 0) is 9.59 Å². The van der Waals surface area contributed by atoms with Gasteiger partial charge in [-0.05, 0) is 25.5 Å². The van der Waals surface area contributed by atoms with E-state index in [0.29, 0.717) is 12.1 Å². The van der Waals surface area contributed by atoms with Gasteiger partial charge >= 0.3 is 0 Å². The first-order valence-corrected chi connectivity index (χ1v) is 7.49. The lowest BCUT2D eigenvalue weighted by Crippen LogP contribution is -2.35. The summed E-state index contributed by atoms with van der Waals surface area (Å²) in [6.07, 6.45) is 1.95. The lowest BCUT2D eigenvalue weighted by Gasteiger charge is -2.14. The minimum Gasteiger partial charge on any atom is -0.394 e. The molecule has 22 heavy (non-hydrogen) atoms. The molecule has 0 radical (unpaired) electrons. The number of benzene rings is 1. The third-order valence-electron chi connectivity index (χ3n) is 3.18. The van der Waals surface area contributed by atoms with Crippen molar-refractivity contribution >= 4 is 17.5 Å². The van der Waals surface area contributed by atoms with E-state index < -0.39 is 12.0 Å². The molecule has 122 valence electrons. The predicted molar refractivity (Wildman–Crippen MR) is 83.9 cm³/mol. The van der Waals surface area contributed by atoms with Crippen LogP contribution in [0.1, 0.15) is 33.1 Å². The fourth-order valence-corrected chi connectivity index (χ4v) is 1.94. The molecule has 2 amide bonds. The summed E-state index contributed by atoms with van der Waals surface area (Å²) in [6.45, 7) is 3.44. The van der Waals surface area contributed by atoms with Gasteiger partial charge in [0.1, 0.15) is 5.92 Å². The number of para-hydroxylation sites is 1. The fourth-order valence-electron chi connectivity index (χ4n) is 1.94. The maximum Gasteiger partial charge on any atom is 0.258 e. The number of carbonyl (C=O) groups is 2. The number of nitrogens with zero attached hydrogens (tertiary/aromatic N) is 1. The molecule has 2 atom stereocenters. The second-order valence-electron chi connectivity index (χ2n) is 5.21. The predicted octanol–water partition coefficient (Wildman–Crippen LogP) is 1.23. The molecule has 0 aromatic heterocycles. The van der Waals surface area contributed by atoms with Gasteiger partial charge in [0.15, 0.2) is 0 Å². The van der Waals surface area contributed by atoms with Crippen molar-refractivity contribution in [1.82, 2.24) is 5.43 Å². The van der Waals surface area contributed by atoms with Crippen molar-refractivity contribution in [1.29, 1.82) is 0 Å². The first-order valence-electron chi connectivity index (χ1n) is 7.49. The molecule has 0 saturated carbocycles. The van der Waals surface area contributed by atoms with Crippen LogP contribution in [0.5, 0.6) is 0 Å². The van der Waals surface area contributed by atoms with Gasteiger partial charge in [-0.1, -0.05) is 38.0 Å².